The van der Waals surface area contributed by atoms with Gasteiger partial charge in [0.15, 0.2) is 0 Å². The van der Waals surface area contributed by atoms with Crippen LogP contribution < -0.4 is 10.1 Å². The molecule has 2 N–H and O–H groups in total. The Morgan fingerprint density at radius 1 is 0.900 bits per heavy atom. The summed E-state index contributed by atoms with van der Waals surface area (Å²) in [6.45, 7) is 1.99. The summed E-state index contributed by atoms with van der Waals surface area (Å²) in [5.74, 6) is 0.566. The van der Waals surface area contributed by atoms with Gasteiger partial charge in [-0.1, -0.05) is 72.3 Å². The summed E-state index contributed by atoms with van der Waals surface area (Å²) < 4.78 is 5.87. The first-order valence-corrected chi connectivity index (χ1v) is 14.6. The van der Waals surface area contributed by atoms with E-state index in [1.807, 2.05) is 98.1 Å². The monoisotopic (exact) mass is 571 g/mol. The Kier molecular flexibility index (Phi) is 10.1. The number of carbonyl (C=O) groups excluding carboxylic acids is 1. The number of benzene rings is 4. The molecule has 1 unspecified atom stereocenters. The summed E-state index contributed by atoms with van der Waals surface area (Å²) in [4.78, 5) is 25.0. The Balaban J connectivity index is 1.58. The molecule has 0 aliphatic rings. The number of halogens is 1. The van der Waals surface area contributed by atoms with Crippen LogP contribution in [0.1, 0.15) is 33.5 Å². The van der Waals surface area contributed by atoms with Crippen molar-refractivity contribution in [1.82, 2.24) is 5.32 Å². The molecular weight excluding hydrogens is 542 g/mol. The van der Waals surface area contributed by atoms with Gasteiger partial charge in [0, 0.05) is 10.6 Å². The second-order valence-electron chi connectivity index (χ2n) is 9.23. The van der Waals surface area contributed by atoms with Crippen LogP contribution in [0.2, 0.25) is 5.02 Å². The first-order chi connectivity index (χ1) is 19.3. The van der Waals surface area contributed by atoms with Crippen LogP contribution >= 0.6 is 23.4 Å². The molecule has 0 bridgehead atoms. The molecule has 1 amide bonds. The second kappa shape index (κ2) is 13.9. The van der Waals surface area contributed by atoms with E-state index in [4.69, 9.17) is 16.3 Å². The van der Waals surface area contributed by atoms with E-state index in [0.717, 1.165) is 27.8 Å². The fourth-order valence-electron chi connectivity index (χ4n) is 4.20. The van der Waals surface area contributed by atoms with E-state index in [9.17, 15) is 14.7 Å². The first kappa shape index (κ1) is 29.0. The van der Waals surface area contributed by atoms with E-state index in [1.54, 1.807) is 30.0 Å². The summed E-state index contributed by atoms with van der Waals surface area (Å²) in [6, 6.07) is 27.4. The first-order valence-electron chi connectivity index (χ1n) is 12.8. The maximum atomic E-state index is 13.3. The number of hydrogen-bond donors (Lipinski definition) is 2. The SMILES string of the molecule is CSCCC(NC(=O)c1ccc(/C=C/c2ccc(Oc3cccc(Cl)c3)cc2)cc1-c1ccccc1C)C(=O)O. The predicted molar refractivity (Wildman–Crippen MR) is 165 cm³/mol. The molecule has 40 heavy (non-hydrogen) atoms. The topological polar surface area (TPSA) is 75.6 Å². The standard InChI is InChI=1S/C33H30ClNO4S/c1-22-6-3-4-9-28(22)30-20-24(14-17-29(30)32(36)35-31(33(37)38)18-19-40-2)11-10-23-12-15-26(16-13-23)39-27-8-5-7-25(34)21-27/h3-17,20-21,31H,18-19H2,1-2H3,(H,35,36)(H,37,38)/b11-10+. The van der Waals surface area contributed by atoms with Crippen molar-refractivity contribution < 1.29 is 19.4 Å². The third-order valence-electron chi connectivity index (χ3n) is 6.32. The zero-order chi connectivity index (χ0) is 28.5. The number of aliphatic carboxylic acids is 1. The number of ether oxygens (including phenoxy) is 1. The summed E-state index contributed by atoms with van der Waals surface area (Å²) in [7, 11) is 0. The third-order valence-corrected chi connectivity index (χ3v) is 7.20. The van der Waals surface area contributed by atoms with Gasteiger partial charge in [0.1, 0.15) is 17.5 Å². The lowest BCUT2D eigenvalue weighted by Gasteiger charge is -2.17. The highest BCUT2D eigenvalue weighted by molar-refractivity contribution is 7.98. The van der Waals surface area contributed by atoms with E-state index in [1.165, 1.54) is 0 Å². The Morgan fingerprint density at radius 2 is 1.62 bits per heavy atom. The Labute approximate surface area is 243 Å². The normalized spacial score (nSPS) is 11.8. The minimum Gasteiger partial charge on any atom is -0.480 e. The van der Waals surface area contributed by atoms with Crippen molar-refractivity contribution >= 4 is 47.4 Å². The van der Waals surface area contributed by atoms with Crippen molar-refractivity contribution in [2.45, 2.75) is 19.4 Å². The van der Waals surface area contributed by atoms with Gasteiger partial charge in [-0.25, -0.2) is 4.79 Å². The lowest BCUT2D eigenvalue weighted by atomic mass is 9.93. The molecule has 0 saturated heterocycles. The quantitative estimate of drug-likeness (QED) is 0.177. The van der Waals surface area contributed by atoms with E-state index in [0.29, 0.717) is 34.3 Å². The van der Waals surface area contributed by atoms with Gasteiger partial charge in [0.2, 0.25) is 0 Å². The van der Waals surface area contributed by atoms with Crippen molar-refractivity contribution in [2.75, 3.05) is 12.0 Å². The molecule has 0 fully saturated rings. The van der Waals surface area contributed by atoms with Crippen LogP contribution in [0.15, 0.2) is 91.0 Å². The number of carbonyl (C=O) groups is 2. The Hall–Kier alpha value is -4.00. The number of amides is 1. The molecule has 0 spiro atoms. The van der Waals surface area contributed by atoms with Crippen molar-refractivity contribution in [3.05, 3.63) is 118 Å². The maximum absolute atomic E-state index is 13.3. The smallest absolute Gasteiger partial charge is 0.326 e. The molecule has 5 nitrogen and oxygen atoms in total. The predicted octanol–water partition coefficient (Wildman–Crippen LogP) is 8.21. The molecule has 0 aliphatic carbocycles. The van der Waals surface area contributed by atoms with Crippen molar-refractivity contribution in [2.24, 2.45) is 0 Å². The summed E-state index contributed by atoms with van der Waals surface area (Å²) in [6.07, 6.45) is 6.23. The van der Waals surface area contributed by atoms with E-state index in [2.05, 4.69) is 5.32 Å². The molecule has 4 aromatic carbocycles. The van der Waals surface area contributed by atoms with Crippen LogP contribution in [0.4, 0.5) is 0 Å². The van der Waals surface area contributed by atoms with E-state index < -0.39 is 17.9 Å². The van der Waals surface area contributed by atoms with E-state index >= 15 is 0 Å². The molecule has 0 aliphatic heterocycles. The average molecular weight is 572 g/mol. The number of aryl methyl sites for hydroxylation is 1. The molecule has 0 saturated carbocycles. The van der Waals surface area contributed by atoms with Gasteiger partial charge in [-0.2, -0.15) is 11.8 Å². The number of nitrogens with one attached hydrogen (secondary N) is 1. The van der Waals surface area contributed by atoms with Crippen LogP contribution in [0, 0.1) is 6.92 Å². The van der Waals surface area contributed by atoms with E-state index in [-0.39, 0.29) is 0 Å². The molecule has 0 radical (unpaired) electrons. The van der Waals surface area contributed by atoms with Crippen LogP contribution in [0.25, 0.3) is 23.3 Å². The van der Waals surface area contributed by atoms with Gasteiger partial charge in [-0.15, -0.1) is 0 Å². The fraction of sp³-hybridized carbons (Fsp3) is 0.152. The van der Waals surface area contributed by atoms with Gasteiger partial charge in [-0.3, -0.25) is 4.79 Å². The number of thioether (sulfide) groups is 1. The zero-order valence-electron chi connectivity index (χ0n) is 22.3. The zero-order valence-corrected chi connectivity index (χ0v) is 23.8. The number of carboxylic acid groups (broad SMARTS) is 1. The summed E-state index contributed by atoms with van der Waals surface area (Å²) in [5.41, 5.74) is 5.01. The highest BCUT2D eigenvalue weighted by Crippen LogP contribution is 2.29. The van der Waals surface area contributed by atoms with Gasteiger partial charge in [-0.05, 0) is 95.6 Å². The molecular formula is C33H30ClNO4S. The molecule has 7 heteroatoms. The lowest BCUT2D eigenvalue weighted by molar-refractivity contribution is -0.139. The number of hydrogen-bond acceptors (Lipinski definition) is 4. The Bertz CT molecular complexity index is 1520. The molecule has 0 aromatic heterocycles. The van der Waals surface area contributed by atoms with Gasteiger partial charge in [0.25, 0.3) is 5.91 Å². The Morgan fingerprint density at radius 3 is 2.33 bits per heavy atom. The van der Waals surface area contributed by atoms with Crippen LogP contribution in [-0.2, 0) is 4.79 Å². The lowest BCUT2D eigenvalue weighted by Crippen LogP contribution is -2.41. The fourth-order valence-corrected chi connectivity index (χ4v) is 4.85. The van der Waals surface area contributed by atoms with Gasteiger partial charge < -0.3 is 15.2 Å². The van der Waals surface area contributed by atoms with Crippen molar-refractivity contribution in [3.63, 3.8) is 0 Å². The highest BCUT2D eigenvalue weighted by atomic mass is 35.5. The maximum Gasteiger partial charge on any atom is 0.326 e. The van der Waals surface area contributed by atoms with Gasteiger partial charge in [0.05, 0.1) is 0 Å². The third kappa shape index (κ3) is 7.78. The summed E-state index contributed by atoms with van der Waals surface area (Å²) in [5, 5.41) is 12.9. The number of carboxylic acids is 1. The molecule has 204 valence electrons. The molecule has 4 aromatic rings. The van der Waals surface area contributed by atoms with Crippen LogP contribution in [0.3, 0.4) is 0 Å². The molecule has 1 atom stereocenters. The second-order valence-corrected chi connectivity index (χ2v) is 10.6. The van der Waals surface area contributed by atoms with Crippen LogP contribution in [-0.4, -0.2) is 35.0 Å². The minimum atomic E-state index is -1.04. The average Bonchev–Trinajstić information content (AvgIpc) is 2.95. The minimum absolute atomic E-state index is 0.353. The summed E-state index contributed by atoms with van der Waals surface area (Å²) >= 11 is 7.58. The van der Waals surface area contributed by atoms with Crippen LogP contribution in [0.5, 0.6) is 11.5 Å². The molecule has 4 rings (SSSR count). The largest absolute Gasteiger partial charge is 0.480 e. The number of rotatable bonds is 11. The highest BCUT2D eigenvalue weighted by Gasteiger charge is 2.22. The van der Waals surface area contributed by atoms with Crippen molar-refractivity contribution in [1.29, 1.82) is 0 Å². The molecule has 0 heterocycles. The van der Waals surface area contributed by atoms with Crippen molar-refractivity contribution in [3.8, 4) is 22.6 Å². The van der Waals surface area contributed by atoms with Gasteiger partial charge >= 0.3 is 5.97 Å².